The minimum absolute atomic E-state index is 0.0613. The first kappa shape index (κ1) is 24.9. The Balaban J connectivity index is 1.49. The van der Waals surface area contributed by atoms with Gasteiger partial charge in [-0.3, -0.25) is 9.69 Å². The van der Waals surface area contributed by atoms with Gasteiger partial charge < -0.3 is 14.2 Å². The van der Waals surface area contributed by atoms with Gasteiger partial charge in [-0.1, -0.05) is 11.3 Å². The van der Waals surface area contributed by atoms with Crippen LogP contribution in [0.25, 0.3) is 10.2 Å². The van der Waals surface area contributed by atoms with E-state index in [1.54, 1.807) is 44.4 Å². The molecule has 1 saturated carbocycles. The van der Waals surface area contributed by atoms with Crippen LogP contribution in [0.5, 0.6) is 11.5 Å². The molecule has 0 bridgehead atoms. The lowest BCUT2D eigenvalue weighted by atomic mass is 10.2. The number of sulfonamides is 1. The third-order valence-corrected chi connectivity index (χ3v) is 9.64. The molecule has 5 rings (SSSR count). The molecule has 1 amide bonds. The quantitative estimate of drug-likeness (QED) is 0.413. The van der Waals surface area contributed by atoms with Crippen molar-refractivity contribution in [1.82, 2.24) is 9.29 Å². The molecule has 11 heteroatoms. The largest absolute Gasteiger partial charge is 0.495 e. The van der Waals surface area contributed by atoms with Crippen LogP contribution in [0.3, 0.4) is 0 Å². The van der Waals surface area contributed by atoms with Crippen LogP contribution in [-0.4, -0.2) is 70.2 Å². The lowest BCUT2D eigenvalue weighted by Gasteiger charge is -2.23. The fraction of sp³-hybridized carbons (Fsp3) is 0.440. The summed E-state index contributed by atoms with van der Waals surface area (Å²) in [6, 6.07) is 9.78. The van der Waals surface area contributed by atoms with E-state index in [0.717, 1.165) is 30.4 Å². The first-order chi connectivity index (χ1) is 17.3. The van der Waals surface area contributed by atoms with Gasteiger partial charge in [0.2, 0.25) is 10.0 Å². The number of ether oxygens (including phenoxy) is 3. The number of carbonyl (C=O) groups excluding carboxylic acids is 1. The first-order valence-corrected chi connectivity index (χ1v) is 14.1. The highest BCUT2D eigenvalue weighted by Crippen LogP contribution is 2.40. The lowest BCUT2D eigenvalue weighted by molar-refractivity contribution is 0.0917. The lowest BCUT2D eigenvalue weighted by Crippen LogP contribution is -2.37. The van der Waals surface area contributed by atoms with E-state index in [0.29, 0.717) is 40.9 Å². The highest BCUT2D eigenvalue weighted by Gasteiger charge is 2.35. The Hall–Kier alpha value is -2.73. The molecule has 0 radical (unpaired) electrons. The van der Waals surface area contributed by atoms with Crippen LogP contribution in [-0.2, 0) is 14.8 Å². The zero-order chi connectivity index (χ0) is 25.4. The third kappa shape index (κ3) is 4.68. The topological polar surface area (TPSA) is 98.3 Å². The Morgan fingerprint density at radius 2 is 1.78 bits per heavy atom. The molecule has 1 saturated heterocycles. The molecular weight excluding hydrogens is 502 g/mol. The van der Waals surface area contributed by atoms with E-state index in [1.807, 2.05) is 6.07 Å². The molecule has 2 heterocycles. The summed E-state index contributed by atoms with van der Waals surface area (Å²) in [5.74, 6) is 0.961. The van der Waals surface area contributed by atoms with Gasteiger partial charge in [-0.2, -0.15) is 4.31 Å². The molecule has 192 valence electrons. The van der Waals surface area contributed by atoms with Crippen molar-refractivity contribution >= 4 is 42.6 Å². The maximum Gasteiger partial charge on any atom is 0.260 e. The number of thiazole rings is 1. The molecule has 36 heavy (non-hydrogen) atoms. The van der Waals surface area contributed by atoms with Crippen LogP contribution in [0, 0.1) is 0 Å². The number of hydrogen-bond acceptors (Lipinski definition) is 8. The summed E-state index contributed by atoms with van der Waals surface area (Å²) in [6.45, 7) is 1.00. The fourth-order valence-electron chi connectivity index (χ4n) is 4.36. The van der Waals surface area contributed by atoms with Crippen molar-refractivity contribution in [2.45, 2.75) is 42.7 Å². The number of hydrogen-bond donors (Lipinski definition) is 0. The smallest absolute Gasteiger partial charge is 0.260 e. The summed E-state index contributed by atoms with van der Waals surface area (Å²) < 4.78 is 44.8. The van der Waals surface area contributed by atoms with Gasteiger partial charge in [-0.15, -0.1) is 0 Å². The number of carbonyl (C=O) groups is 1. The number of amides is 1. The molecule has 1 aliphatic heterocycles. The van der Waals surface area contributed by atoms with E-state index in [2.05, 4.69) is 0 Å². The van der Waals surface area contributed by atoms with Crippen LogP contribution in [0.4, 0.5) is 5.13 Å². The monoisotopic (exact) mass is 531 g/mol. The van der Waals surface area contributed by atoms with E-state index < -0.39 is 10.0 Å². The Morgan fingerprint density at radius 1 is 1.08 bits per heavy atom. The maximum absolute atomic E-state index is 13.7. The predicted molar refractivity (Wildman–Crippen MR) is 138 cm³/mol. The Kier molecular flexibility index (Phi) is 6.90. The number of benzene rings is 2. The summed E-state index contributed by atoms with van der Waals surface area (Å²) in [5, 5.41) is 0.499. The molecule has 0 N–H and O–H groups in total. The maximum atomic E-state index is 13.7. The molecule has 9 nitrogen and oxygen atoms in total. The fourth-order valence-corrected chi connectivity index (χ4v) is 6.85. The molecule has 2 fully saturated rings. The van der Waals surface area contributed by atoms with Gasteiger partial charge in [0, 0.05) is 25.3 Å². The molecular formula is C25H29N3O6S2. The van der Waals surface area contributed by atoms with Crippen molar-refractivity contribution in [2.24, 2.45) is 0 Å². The van der Waals surface area contributed by atoms with Crippen LogP contribution >= 0.6 is 11.3 Å². The summed E-state index contributed by atoms with van der Waals surface area (Å²) in [5.41, 5.74) is 0.991. The van der Waals surface area contributed by atoms with Gasteiger partial charge in [0.05, 0.1) is 31.8 Å². The summed E-state index contributed by atoms with van der Waals surface area (Å²) >= 11 is 1.34. The molecule has 0 spiro atoms. The SMILES string of the molecule is COc1ccc(OC)c2sc(N(CC3CCCO3)C(=O)c3ccc(S(=O)(=O)N(C)C4CC4)cc3)nc12. The Morgan fingerprint density at radius 3 is 2.39 bits per heavy atom. The standard InChI is InChI=1S/C25H29N3O6S2/c1-27(17-8-9-17)36(30,31)19-10-6-16(7-11-19)24(29)28(15-18-5-4-14-34-18)25-26-22-20(32-2)12-13-21(33-3)23(22)35-25/h6-7,10-13,17-18H,4-5,8-9,14-15H2,1-3H3. The van der Waals surface area contributed by atoms with Gasteiger partial charge >= 0.3 is 0 Å². The van der Waals surface area contributed by atoms with Crippen molar-refractivity contribution in [1.29, 1.82) is 0 Å². The second kappa shape index (κ2) is 9.97. The van der Waals surface area contributed by atoms with Crippen molar-refractivity contribution in [3.05, 3.63) is 42.0 Å². The number of anilines is 1. The van der Waals surface area contributed by atoms with Gasteiger partial charge in [-0.25, -0.2) is 13.4 Å². The van der Waals surface area contributed by atoms with Crippen LogP contribution in [0.15, 0.2) is 41.3 Å². The highest BCUT2D eigenvalue weighted by atomic mass is 32.2. The second-order valence-electron chi connectivity index (χ2n) is 8.97. The number of methoxy groups -OCH3 is 2. The summed E-state index contributed by atoms with van der Waals surface area (Å²) in [4.78, 5) is 20.3. The van der Waals surface area contributed by atoms with Gasteiger partial charge in [0.25, 0.3) is 5.91 Å². The minimum Gasteiger partial charge on any atom is -0.495 e. The third-order valence-electron chi connectivity index (χ3n) is 6.62. The van der Waals surface area contributed by atoms with Crippen LogP contribution in [0.1, 0.15) is 36.0 Å². The normalized spacial score (nSPS) is 18.1. The van der Waals surface area contributed by atoms with Crippen molar-refractivity contribution < 1.29 is 27.4 Å². The van der Waals surface area contributed by atoms with Gasteiger partial charge in [-0.05, 0) is 62.1 Å². The predicted octanol–water partition coefficient (Wildman–Crippen LogP) is 3.92. The van der Waals surface area contributed by atoms with Crippen molar-refractivity contribution in [2.75, 3.05) is 39.3 Å². The Bertz CT molecular complexity index is 1320. The zero-order valence-electron chi connectivity index (χ0n) is 20.5. The number of aromatic nitrogens is 1. The minimum atomic E-state index is -3.59. The molecule has 1 aromatic heterocycles. The van der Waals surface area contributed by atoms with Crippen LogP contribution in [0.2, 0.25) is 0 Å². The van der Waals surface area contributed by atoms with Crippen molar-refractivity contribution in [3.8, 4) is 11.5 Å². The molecule has 1 atom stereocenters. The summed E-state index contributed by atoms with van der Waals surface area (Å²) in [7, 11) is 1.18. The van der Waals surface area contributed by atoms with Gasteiger partial charge in [0.1, 0.15) is 21.7 Å². The van der Waals surface area contributed by atoms with E-state index in [4.69, 9.17) is 19.2 Å². The molecule has 2 aromatic carbocycles. The molecule has 1 unspecified atom stereocenters. The molecule has 1 aliphatic carbocycles. The number of fused-ring (bicyclic) bond motifs is 1. The zero-order valence-corrected chi connectivity index (χ0v) is 22.1. The molecule has 2 aliphatic rings. The van der Waals surface area contributed by atoms with E-state index >= 15 is 0 Å². The van der Waals surface area contributed by atoms with Crippen molar-refractivity contribution in [3.63, 3.8) is 0 Å². The first-order valence-electron chi connectivity index (χ1n) is 11.9. The number of rotatable bonds is 9. The van der Waals surface area contributed by atoms with Gasteiger partial charge in [0.15, 0.2) is 5.13 Å². The van der Waals surface area contributed by atoms with E-state index in [9.17, 15) is 13.2 Å². The highest BCUT2D eigenvalue weighted by molar-refractivity contribution is 7.89. The van der Waals surface area contributed by atoms with Crippen LogP contribution < -0.4 is 14.4 Å². The second-order valence-corrected chi connectivity index (χ2v) is 11.9. The average Bonchev–Trinajstić information content (AvgIpc) is 3.42. The molecule has 3 aromatic rings. The van der Waals surface area contributed by atoms with E-state index in [-0.39, 0.29) is 22.9 Å². The number of nitrogens with zero attached hydrogens (tertiary/aromatic N) is 3. The van der Waals surface area contributed by atoms with E-state index in [1.165, 1.54) is 27.8 Å². The Labute approximate surface area is 214 Å². The summed E-state index contributed by atoms with van der Waals surface area (Å²) in [6.07, 6.45) is 3.45. The average molecular weight is 532 g/mol.